The number of nitrogens with zero attached hydrogens (tertiary/aromatic N) is 1. The predicted octanol–water partition coefficient (Wildman–Crippen LogP) is 3.17. The van der Waals surface area contributed by atoms with Gasteiger partial charge in [-0.05, 0) is 55.5 Å². The van der Waals surface area contributed by atoms with Gasteiger partial charge in [-0.1, -0.05) is 12.1 Å². The van der Waals surface area contributed by atoms with Crippen molar-refractivity contribution in [1.29, 1.82) is 5.26 Å². The summed E-state index contributed by atoms with van der Waals surface area (Å²) in [5.41, 5.74) is 1.54. The highest BCUT2D eigenvalue weighted by Gasteiger charge is 2.29. The van der Waals surface area contributed by atoms with E-state index in [-0.39, 0.29) is 17.9 Å². The smallest absolute Gasteiger partial charge is 0.356 e. The Morgan fingerprint density at radius 3 is 2.39 bits per heavy atom. The number of nitrogens with one attached hydrogen (secondary N) is 2. The van der Waals surface area contributed by atoms with E-state index in [1.165, 1.54) is 12.1 Å². The molecule has 1 aromatic carbocycles. The van der Waals surface area contributed by atoms with Gasteiger partial charge in [0.15, 0.2) is 0 Å². The van der Waals surface area contributed by atoms with Crippen LogP contribution in [0.2, 0.25) is 0 Å². The number of aromatic nitrogens is 1. The van der Waals surface area contributed by atoms with Crippen LogP contribution >= 0.6 is 0 Å². The van der Waals surface area contributed by atoms with Gasteiger partial charge in [0.1, 0.15) is 11.6 Å². The third-order valence-corrected chi connectivity index (χ3v) is 4.54. The second kappa shape index (κ2) is 8.74. The lowest BCUT2D eigenvalue weighted by atomic mass is 9.99. The molecule has 2 N–H and O–H groups in total. The molecule has 0 fully saturated rings. The molecule has 1 aromatic heterocycles. The summed E-state index contributed by atoms with van der Waals surface area (Å²) in [6, 6.07) is 6.70. The number of H-pyrrole nitrogens is 1. The second-order valence-corrected chi connectivity index (χ2v) is 6.46. The minimum Gasteiger partial charge on any atom is -0.356 e. The first-order valence-corrected chi connectivity index (χ1v) is 8.68. The number of hydrogen-bond donors (Lipinski definition) is 2. The number of halogens is 3. The lowest BCUT2D eigenvalue weighted by Gasteiger charge is -2.11. The van der Waals surface area contributed by atoms with Gasteiger partial charge in [-0.15, -0.1) is 0 Å². The van der Waals surface area contributed by atoms with Crippen LogP contribution in [0.15, 0.2) is 29.1 Å². The van der Waals surface area contributed by atoms with Gasteiger partial charge in [0.2, 0.25) is 5.91 Å². The molecule has 0 radical (unpaired) electrons. The van der Waals surface area contributed by atoms with Crippen molar-refractivity contribution in [2.75, 3.05) is 6.54 Å². The Morgan fingerprint density at radius 2 is 1.82 bits per heavy atom. The zero-order valence-electron chi connectivity index (χ0n) is 15.5. The number of benzene rings is 1. The van der Waals surface area contributed by atoms with Crippen molar-refractivity contribution < 1.29 is 18.0 Å². The number of aryl methyl sites for hydroxylation is 1. The quantitative estimate of drug-likeness (QED) is 0.793. The second-order valence-electron chi connectivity index (χ2n) is 6.46. The molecule has 148 valence electrons. The summed E-state index contributed by atoms with van der Waals surface area (Å²) in [4.78, 5) is 26.4. The van der Waals surface area contributed by atoms with Gasteiger partial charge in [0.25, 0.3) is 5.56 Å². The topological polar surface area (TPSA) is 85.8 Å². The van der Waals surface area contributed by atoms with Gasteiger partial charge in [0.05, 0.1) is 5.56 Å². The maximum atomic E-state index is 12.5. The zero-order valence-corrected chi connectivity index (χ0v) is 15.5. The normalized spacial score (nSPS) is 11.1. The molecule has 0 bridgehead atoms. The molecule has 1 heterocycles. The molecule has 2 rings (SSSR count). The molecule has 0 aliphatic rings. The summed E-state index contributed by atoms with van der Waals surface area (Å²) in [6.45, 7) is 3.70. The number of carbonyl (C=O) groups is 1. The fourth-order valence-electron chi connectivity index (χ4n) is 2.95. The van der Waals surface area contributed by atoms with Crippen molar-refractivity contribution in [2.45, 2.75) is 39.3 Å². The number of alkyl halides is 3. The van der Waals surface area contributed by atoms with Crippen molar-refractivity contribution in [3.63, 3.8) is 0 Å². The fourth-order valence-corrected chi connectivity index (χ4v) is 2.95. The summed E-state index contributed by atoms with van der Waals surface area (Å²) < 4.78 is 37.6. The molecular formula is C20H20F3N3O2. The van der Waals surface area contributed by atoms with E-state index in [9.17, 15) is 22.8 Å². The molecule has 2 aromatic rings. The summed E-state index contributed by atoms with van der Waals surface area (Å²) >= 11 is 0. The molecule has 0 aliphatic heterocycles. The number of carbonyl (C=O) groups excluding carboxylic acids is 1. The largest absolute Gasteiger partial charge is 0.416 e. The highest BCUT2D eigenvalue weighted by atomic mass is 19.4. The summed E-state index contributed by atoms with van der Waals surface area (Å²) in [5, 5.41) is 11.8. The summed E-state index contributed by atoms with van der Waals surface area (Å²) in [5.74, 6) is -0.213. The minimum absolute atomic E-state index is 0.0447. The summed E-state index contributed by atoms with van der Waals surface area (Å²) in [7, 11) is 0. The van der Waals surface area contributed by atoms with E-state index < -0.39 is 17.3 Å². The maximum Gasteiger partial charge on any atom is 0.416 e. The lowest BCUT2D eigenvalue weighted by molar-refractivity contribution is -0.137. The van der Waals surface area contributed by atoms with Crippen LogP contribution in [0, 0.1) is 25.2 Å². The molecule has 5 nitrogen and oxygen atoms in total. The third-order valence-electron chi connectivity index (χ3n) is 4.54. The first-order chi connectivity index (χ1) is 13.1. The number of rotatable bonds is 6. The monoisotopic (exact) mass is 391 g/mol. The Bertz CT molecular complexity index is 955. The number of pyridine rings is 1. The molecule has 0 saturated carbocycles. The molecule has 28 heavy (non-hydrogen) atoms. The summed E-state index contributed by atoms with van der Waals surface area (Å²) in [6.07, 6.45) is -3.41. The fraction of sp³-hybridized carbons (Fsp3) is 0.350. The van der Waals surface area contributed by atoms with E-state index in [1.807, 2.05) is 6.07 Å². The molecule has 8 heteroatoms. The number of nitriles is 1. The van der Waals surface area contributed by atoms with Crippen molar-refractivity contribution in [3.05, 3.63) is 68.1 Å². The van der Waals surface area contributed by atoms with Gasteiger partial charge in [-0.2, -0.15) is 18.4 Å². The van der Waals surface area contributed by atoms with Crippen molar-refractivity contribution in [3.8, 4) is 6.07 Å². The molecule has 0 aliphatic carbocycles. The Balaban J connectivity index is 1.87. The molecule has 0 atom stereocenters. The van der Waals surface area contributed by atoms with Crippen LogP contribution in [0.1, 0.15) is 39.9 Å². The standard InChI is InChI=1S/C20H20F3N3O2/c1-12-16(13(2)26-19(28)17(12)11-24)7-8-18(27)25-10-9-14-3-5-15(6-4-14)20(21,22)23/h3-6H,7-10H2,1-2H3,(H,25,27)(H,26,28). The molecule has 1 amide bonds. The van der Waals surface area contributed by atoms with Crippen LogP contribution in [-0.2, 0) is 23.8 Å². The van der Waals surface area contributed by atoms with E-state index in [0.29, 0.717) is 36.2 Å². The van der Waals surface area contributed by atoms with E-state index in [4.69, 9.17) is 5.26 Å². The number of aromatic amines is 1. The number of amides is 1. The SMILES string of the molecule is Cc1[nH]c(=O)c(C#N)c(C)c1CCC(=O)NCCc1ccc(C(F)(F)F)cc1. The molecule has 0 spiro atoms. The maximum absolute atomic E-state index is 12.5. The van der Waals surface area contributed by atoms with Gasteiger partial charge in [-0.25, -0.2) is 0 Å². The Morgan fingerprint density at radius 1 is 1.18 bits per heavy atom. The predicted molar refractivity (Wildman–Crippen MR) is 97.7 cm³/mol. The van der Waals surface area contributed by atoms with E-state index >= 15 is 0 Å². The third kappa shape index (κ3) is 5.22. The van der Waals surface area contributed by atoms with Gasteiger partial charge in [-0.3, -0.25) is 9.59 Å². The average Bonchev–Trinajstić information content (AvgIpc) is 2.61. The first kappa shape index (κ1) is 21.2. The van der Waals surface area contributed by atoms with Gasteiger partial charge < -0.3 is 10.3 Å². The van der Waals surface area contributed by atoms with Crippen LogP contribution in [0.4, 0.5) is 13.2 Å². The zero-order chi connectivity index (χ0) is 20.9. The Labute approximate surface area is 160 Å². The molecule has 0 saturated heterocycles. The van der Waals surface area contributed by atoms with E-state index in [1.54, 1.807) is 13.8 Å². The highest BCUT2D eigenvalue weighted by molar-refractivity contribution is 5.76. The Kier molecular flexibility index (Phi) is 6.62. The average molecular weight is 391 g/mol. The molecule has 0 unspecified atom stereocenters. The highest BCUT2D eigenvalue weighted by Crippen LogP contribution is 2.29. The van der Waals surface area contributed by atoms with Gasteiger partial charge >= 0.3 is 6.18 Å². The Hall–Kier alpha value is -3.08. The van der Waals surface area contributed by atoms with Gasteiger partial charge in [0, 0.05) is 18.7 Å². The van der Waals surface area contributed by atoms with Crippen LogP contribution in [0.25, 0.3) is 0 Å². The van der Waals surface area contributed by atoms with Crippen molar-refractivity contribution >= 4 is 5.91 Å². The van der Waals surface area contributed by atoms with Crippen LogP contribution in [-0.4, -0.2) is 17.4 Å². The van der Waals surface area contributed by atoms with Crippen LogP contribution < -0.4 is 10.9 Å². The number of hydrogen-bond acceptors (Lipinski definition) is 3. The van der Waals surface area contributed by atoms with E-state index in [2.05, 4.69) is 10.3 Å². The first-order valence-electron chi connectivity index (χ1n) is 8.68. The van der Waals surface area contributed by atoms with Crippen molar-refractivity contribution in [1.82, 2.24) is 10.3 Å². The van der Waals surface area contributed by atoms with Crippen LogP contribution in [0.3, 0.4) is 0 Å². The lowest BCUT2D eigenvalue weighted by Crippen LogP contribution is -2.26. The minimum atomic E-state index is -4.36. The van der Waals surface area contributed by atoms with E-state index in [0.717, 1.165) is 17.7 Å². The molecular weight excluding hydrogens is 371 g/mol. The van der Waals surface area contributed by atoms with Crippen molar-refractivity contribution in [2.24, 2.45) is 0 Å². The van der Waals surface area contributed by atoms with Crippen LogP contribution in [0.5, 0.6) is 0 Å².